The van der Waals surface area contributed by atoms with Crippen molar-refractivity contribution in [3.8, 4) is 0 Å². The number of hydrogen-bond donors (Lipinski definition) is 0. The topological polar surface area (TPSA) is 19.9 Å². The molecule has 0 spiro atoms. The van der Waals surface area contributed by atoms with E-state index in [0.29, 0.717) is 17.5 Å². The molecule has 1 atom stereocenters. The van der Waals surface area contributed by atoms with Gasteiger partial charge in [-0.15, -0.1) is 0 Å². The lowest BCUT2D eigenvalue weighted by Gasteiger charge is -2.18. The van der Waals surface area contributed by atoms with Crippen molar-refractivity contribution in [3.63, 3.8) is 0 Å². The molecule has 1 radical (unpaired) electrons. The summed E-state index contributed by atoms with van der Waals surface area (Å²) in [4.78, 5) is 0. The number of rotatable bonds is 2. The van der Waals surface area contributed by atoms with Gasteiger partial charge in [0.25, 0.3) is 0 Å². The summed E-state index contributed by atoms with van der Waals surface area (Å²) in [5.74, 6) is 0. The Morgan fingerprint density at radius 3 is 2.36 bits per heavy atom. The van der Waals surface area contributed by atoms with Gasteiger partial charge in [-0.1, -0.05) is 66.0 Å². The number of halogens is 3. The van der Waals surface area contributed by atoms with Gasteiger partial charge >= 0.3 is 0 Å². The zero-order valence-corrected chi connectivity index (χ0v) is 9.90. The van der Waals surface area contributed by atoms with Gasteiger partial charge in [0.15, 0.2) is 0 Å². The molecule has 14 heavy (non-hydrogen) atoms. The second-order valence-corrected chi connectivity index (χ2v) is 5.26. The van der Waals surface area contributed by atoms with E-state index < -0.39 is 9.90 Å². The van der Waals surface area contributed by atoms with E-state index in [0.717, 1.165) is 0 Å². The third kappa shape index (κ3) is 2.77. The van der Waals surface area contributed by atoms with Gasteiger partial charge in [0.2, 0.25) is 3.79 Å². The van der Waals surface area contributed by atoms with E-state index in [1.54, 1.807) is 24.3 Å². The Kier molecular flexibility index (Phi) is 4.08. The average Bonchev–Trinajstić information content (AvgIpc) is 2.15. The largest absolute Gasteiger partial charge is 0.228 e. The van der Waals surface area contributed by atoms with Gasteiger partial charge in [0, 0.05) is 5.56 Å². The van der Waals surface area contributed by atoms with Crippen molar-refractivity contribution in [2.75, 3.05) is 0 Å². The smallest absolute Gasteiger partial charge is 0.216 e. The molecule has 4 heteroatoms. The Balaban J connectivity index is 3.16. The third-order valence-electron chi connectivity index (χ3n) is 1.98. The minimum absolute atomic E-state index is 0.479. The van der Waals surface area contributed by atoms with Crippen LogP contribution in [0, 0.1) is 0 Å². The Bertz CT molecular complexity index is 306. The quantitative estimate of drug-likeness (QED) is 0.696. The van der Waals surface area contributed by atoms with Crippen LogP contribution in [0.4, 0.5) is 0 Å². The highest BCUT2D eigenvalue weighted by Crippen LogP contribution is 2.41. The minimum atomic E-state index is -1.52. The predicted octanol–water partition coefficient (Wildman–Crippen LogP) is 4.39. The zero-order valence-electron chi connectivity index (χ0n) is 7.64. The van der Waals surface area contributed by atoms with Crippen LogP contribution in [-0.4, -0.2) is 0 Å². The van der Waals surface area contributed by atoms with Crippen molar-refractivity contribution in [2.45, 2.75) is 23.2 Å². The van der Waals surface area contributed by atoms with Crippen molar-refractivity contribution < 1.29 is 5.11 Å². The molecule has 0 amide bonds. The molecule has 0 saturated carbocycles. The standard InChI is InChI=1S/C10H10Cl3O/c1-2-9(14)7-5-3-4-6-8(7)10(11,12)13/h3-6,9H,2H2,1H3. The van der Waals surface area contributed by atoms with Crippen molar-refractivity contribution in [3.05, 3.63) is 35.4 Å². The maximum absolute atomic E-state index is 11.6. The van der Waals surface area contributed by atoms with Crippen LogP contribution in [0.1, 0.15) is 30.6 Å². The lowest BCUT2D eigenvalue weighted by Crippen LogP contribution is -2.07. The first-order chi connectivity index (χ1) is 6.46. The summed E-state index contributed by atoms with van der Waals surface area (Å²) in [6, 6.07) is 6.90. The summed E-state index contributed by atoms with van der Waals surface area (Å²) >= 11 is 17.3. The summed E-state index contributed by atoms with van der Waals surface area (Å²) in [5.41, 5.74) is 1.04. The fourth-order valence-corrected chi connectivity index (χ4v) is 1.77. The van der Waals surface area contributed by atoms with Crippen molar-refractivity contribution in [1.29, 1.82) is 0 Å². The molecule has 1 unspecified atom stereocenters. The molecular weight excluding hydrogens is 242 g/mol. The molecule has 1 rings (SSSR count). The van der Waals surface area contributed by atoms with E-state index in [1.165, 1.54) is 0 Å². The summed E-state index contributed by atoms with van der Waals surface area (Å²) in [6.45, 7) is 1.81. The van der Waals surface area contributed by atoms with Gasteiger partial charge in [-0.3, -0.25) is 0 Å². The summed E-state index contributed by atoms with van der Waals surface area (Å²) in [7, 11) is 0. The molecule has 0 aliphatic carbocycles. The lowest BCUT2D eigenvalue weighted by molar-refractivity contribution is 0.0849. The summed E-state index contributed by atoms with van der Waals surface area (Å²) in [6.07, 6.45) is -0.348. The average molecular weight is 253 g/mol. The summed E-state index contributed by atoms with van der Waals surface area (Å²) < 4.78 is -1.52. The van der Waals surface area contributed by atoms with Gasteiger partial charge in [0.1, 0.15) is 6.10 Å². The van der Waals surface area contributed by atoms with Crippen LogP contribution in [0.3, 0.4) is 0 Å². The van der Waals surface area contributed by atoms with Crippen LogP contribution in [-0.2, 0) is 8.90 Å². The predicted molar refractivity (Wildman–Crippen MR) is 59.4 cm³/mol. The van der Waals surface area contributed by atoms with Crippen molar-refractivity contribution in [2.24, 2.45) is 0 Å². The van der Waals surface area contributed by atoms with E-state index in [-0.39, 0.29) is 0 Å². The van der Waals surface area contributed by atoms with Gasteiger partial charge in [0.05, 0.1) is 0 Å². The molecule has 0 aliphatic rings. The van der Waals surface area contributed by atoms with E-state index in [2.05, 4.69) is 0 Å². The normalized spacial score (nSPS) is 14.1. The van der Waals surface area contributed by atoms with Crippen LogP contribution in [0.25, 0.3) is 0 Å². The van der Waals surface area contributed by atoms with Gasteiger partial charge < -0.3 is 0 Å². The number of alkyl halides is 3. The number of hydrogen-bond acceptors (Lipinski definition) is 0. The molecule has 77 valence electrons. The van der Waals surface area contributed by atoms with E-state index in [9.17, 15) is 5.11 Å². The lowest BCUT2D eigenvalue weighted by atomic mass is 10.0. The Hall–Kier alpha value is 0.0500. The molecule has 0 saturated heterocycles. The fourth-order valence-electron chi connectivity index (χ4n) is 1.26. The molecule has 0 aromatic heterocycles. The molecule has 0 aliphatic heterocycles. The Labute approximate surface area is 98.6 Å². The van der Waals surface area contributed by atoms with Crippen LogP contribution >= 0.6 is 34.8 Å². The highest BCUT2D eigenvalue weighted by molar-refractivity contribution is 6.66. The highest BCUT2D eigenvalue weighted by atomic mass is 35.6. The third-order valence-corrected chi connectivity index (χ3v) is 2.59. The maximum atomic E-state index is 11.6. The summed E-state index contributed by atoms with van der Waals surface area (Å²) in [5, 5.41) is 11.6. The van der Waals surface area contributed by atoms with Crippen LogP contribution in [0.2, 0.25) is 0 Å². The van der Waals surface area contributed by atoms with E-state index in [4.69, 9.17) is 34.8 Å². The SMILES string of the molecule is CCC([O])c1ccccc1C(Cl)(Cl)Cl. The molecule has 1 nitrogen and oxygen atoms in total. The van der Waals surface area contributed by atoms with E-state index in [1.807, 2.05) is 6.92 Å². The van der Waals surface area contributed by atoms with Crippen LogP contribution < -0.4 is 0 Å². The molecule has 0 fully saturated rings. The van der Waals surface area contributed by atoms with Crippen molar-refractivity contribution >= 4 is 34.8 Å². The molecule has 1 aromatic rings. The van der Waals surface area contributed by atoms with Gasteiger partial charge in [-0.2, -0.15) is 0 Å². The van der Waals surface area contributed by atoms with Gasteiger partial charge in [-0.05, 0) is 12.0 Å². The zero-order chi connectivity index (χ0) is 10.8. The van der Waals surface area contributed by atoms with Crippen LogP contribution in [0.5, 0.6) is 0 Å². The first kappa shape index (κ1) is 12.1. The minimum Gasteiger partial charge on any atom is -0.228 e. The first-order valence-electron chi connectivity index (χ1n) is 4.28. The van der Waals surface area contributed by atoms with Gasteiger partial charge in [-0.25, -0.2) is 5.11 Å². The maximum Gasteiger partial charge on any atom is 0.216 e. The fraction of sp³-hybridized carbons (Fsp3) is 0.400. The van der Waals surface area contributed by atoms with Crippen molar-refractivity contribution in [1.82, 2.24) is 0 Å². The first-order valence-corrected chi connectivity index (χ1v) is 5.42. The molecule has 0 N–H and O–H groups in total. The molecular formula is C10H10Cl3O. The highest BCUT2D eigenvalue weighted by Gasteiger charge is 2.27. The monoisotopic (exact) mass is 251 g/mol. The number of benzene rings is 1. The molecule has 0 heterocycles. The molecule has 1 aromatic carbocycles. The second-order valence-electron chi connectivity index (χ2n) is 2.98. The second kappa shape index (κ2) is 4.71. The molecule has 0 bridgehead atoms. The van der Waals surface area contributed by atoms with E-state index >= 15 is 0 Å². The Morgan fingerprint density at radius 2 is 1.86 bits per heavy atom. The Morgan fingerprint density at radius 1 is 1.29 bits per heavy atom. The van der Waals surface area contributed by atoms with Crippen LogP contribution in [0.15, 0.2) is 24.3 Å².